The van der Waals surface area contributed by atoms with E-state index in [1.165, 1.54) is 5.56 Å². The molecule has 0 heterocycles. The van der Waals surface area contributed by atoms with Crippen LogP contribution in [0.25, 0.3) is 0 Å². The van der Waals surface area contributed by atoms with E-state index in [2.05, 4.69) is 77.2 Å². The second-order valence-electron chi connectivity index (χ2n) is 6.84. The third-order valence-electron chi connectivity index (χ3n) is 3.06. The fraction of sp³-hybridized carbons (Fsp3) is 0.625. The molecule has 1 nitrogen and oxygen atoms in total. The van der Waals surface area contributed by atoms with Crippen LogP contribution in [0, 0.1) is 0 Å². The number of hydrogen-bond acceptors (Lipinski definition) is 1. The molecule has 0 fully saturated rings. The number of benzene rings is 1. The second kappa shape index (κ2) is 6.17. The Labute approximate surface area is 114 Å². The molecule has 0 saturated heterocycles. The molecular weight excluding hydrogens is 237 g/mol. The van der Waals surface area contributed by atoms with Gasteiger partial charge >= 0.3 is 0 Å². The molecule has 0 bridgehead atoms. The summed E-state index contributed by atoms with van der Waals surface area (Å²) in [5.41, 5.74) is 1.37. The lowest BCUT2D eigenvalue weighted by atomic mass is 10.2. The van der Waals surface area contributed by atoms with Gasteiger partial charge in [-0.15, -0.1) is 0 Å². The van der Waals surface area contributed by atoms with E-state index in [-0.39, 0.29) is 7.92 Å². The van der Waals surface area contributed by atoms with E-state index in [0.717, 1.165) is 12.8 Å². The molecule has 2 heteroatoms. The summed E-state index contributed by atoms with van der Waals surface area (Å²) in [4.78, 5) is 0. The number of nitrogens with one attached hydrogen (secondary N) is 1. The van der Waals surface area contributed by atoms with Gasteiger partial charge in [-0.25, -0.2) is 0 Å². The van der Waals surface area contributed by atoms with Crippen LogP contribution in [0.5, 0.6) is 0 Å². The third-order valence-corrected chi connectivity index (χ3v) is 6.84. The van der Waals surface area contributed by atoms with Crippen molar-refractivity contribution in [2.24, 2.45) is 0 Å². The van der Waals surface area contributed by atoms with Gasteiger partial charge < -0.3 is 5.32 Å². The summed E-state index contributed by atoms with van der Waals surface area (Å²) < 4.78 is 0. The molecule has 0 atom stereocenters. The number of hydrogen-bond donors (Lipinski definition) is 1. The molecule has 1 aromatic rings. The standard InChI is InChI=1S/C16H28NP/c1-15(2,3)18(16(4,5)6)13-17-12-14-10-8-7-9-11-14/h7-11,17H,12-13H2,1-6H3. The van der Waals surface area contributed by atoms with Crippen LogP contribution in [0.2, 0.25) is 0 Å². The fourth-order valence-corrected chi connectivity index (χ4v) is 5.69. The quantitative estimate of drug-likeness (QED) is 0.770. The zero-order chi connectivity index (χ0) is 13.8. The van der Waals surface area contributed by atoms with Crippen molar-refractivity contribution in [1.82, 2.24) is 5.32 Å². The highest BCUT2D eigenvalue weighted by Crippen LogP contribution is 2.58. The molecule has 0 unspecified atom stereocenters. The van der Waals surface area contributed by atoms with Crippen LogP contribution in [0.3, 0.4) is 0 Å². The van der Waals surface area contributed by atoms with E-state index in [9.17, 15) is 0 Å². The monoisotopic (exact) mass is 265 g/mol. The maximum absolute atomic E-state index is 3.64. The molecule has 0 aromatic heterocycles. The largest absolute Gasteiger partial charge is 0.309 e. The SMILES string of the molecule is CC(C)(C)P(CNCc1ccccc1)C(C)(C)C. The summed E-state index contributed by atoms with van der Waals surface area (Å²) in [5.74, 6) is 0. The van der Waals surface area contributed by atoms with E-state index in [0.29, 0.717) is 10.3 Å². The van der Waals surface area contributed by atoms with Crippen LogP contribution >= 0.6 is 7.92 Å². The first kappa shape index (κ1) is 15.7. The van der Waals surface area contributed by atoms with Crippen molar-refractivity contribution in [3.05, 3.63) is 35.9 Å². The summed E-state index contributed by atoms with van der Waals surface area (Å²) in [6.07, 6.45) is 1.14. The average Bonchev–Trinajstić information content (AvgIpc) is 2.22. The molecule has 0 aliphatic rings. The molecule has 1 rings (SSSR count). The van der Waals surface area contributed by atoms with Gasteiger partial charge in [0.05, 0.1) is 0 Å². The van der Waals surface area contributed by atoms with Crippen LogP contribution in [0.15, 0.2) is 30.3 Å². The van der Waals surface area contributed by atoms with Crippen molar-refractivity contribution >= 4 is 7.92 Å². The van der Waals surface area contributed by atoms with Gasteiger partial charge in [-0.3, -0.25) is 0 Å². The maximum Gasteiger partial charge on any atom is 0.0208 e. The van der Waals surface area contributed by atoms with Crippen molar-refractivity contribution in [3.63, 3.8) is 0 Å². The normalized spacial score (nSPS) is 13.1. The molecule has 18 heavy (non-hydrogen) atoms. The minimum absolute atomic E-state index is 0.0501. The molecule has 0 aliphatic carbocycles. The predicted molar refractivity (Wildman–Crippen MR) is 84.6 cm³/mol. The average molecular weight is 265 g/mol. The van der Waals surface area contributed by atoms with Crippen LogP contribution in [0.1, 0.15) is 47.1 Å². The molecule has 0 amide bonds. The highest BCUT2D eigenvalue weighted by Gasteiger charge is 2.33. The molecular formula is C16H28NP. The van der Waals surface area contributed by atoms with Crippen LogP contribution in [-0.2, 0) is 6.54 Å². The van der Waals surface area contributed by atoms with Gasteiger partial charge in [-0.2, -0.15) is 0 Å². The first-order chi connectivity index (χ1) is 8.21. The van der Waals surface area contributed by atoms with Crippen molar-refractivity contribution < 1.29 is 0 Å². The lowest BCUT2D eigenvalue weighted by molar-refractivity contribution is 0.681. The van der Waals surface area contributed by atoms with Gasteiger partial charge in [0, 0.05) is 12.8 Å². The van der Waals surface area contributed by atoms with Crippen molar-refractivity contribution in [2.75, 3.05) is 6.29 Å². The van der Waals surface area contributed by atoms with Gasteiger partial charge in [0.25, 0.3) is 0 Å². The van der Waals surface area contributed by atoms with Crippen molar-refractivity contribution in [2.45, 2.75) is 58.4 Å². The maximum atomic E-state index is 3.64. The molecule has 1 aromatic carbocycles. The Morgan fingerprint density at radius 3 is 1.83 bits per heavy atom. The van der Waals surface area contributed by atoms with E-state index in [4.69, 9.17) is 0 Å². The Kier molecular flexibility index (Phi) is 5.37. The smallest absolute Gasteiger partial charge is 0.0208 e. The Morgan fingerprint density at radius 2 is 1.39 bits per heavy atom. The zero-order valence-corrected chi connectivity index (χ0v) is 13.6. The zero-order valence-electron chi connectivity index (χ0n) is 12.7. The summed E-state index contributed by atoms with van der Waals surface area (Å²) in [6, 6.07) is 10.6. The third kappa shape index (κ3) is 5.08. The summed E-state index contributed by atoms with van der Waals surface area (Å²) in [5, 5.41) is 4.44. The highest BCUT2D eigenvalue weighted by atomic mass is 31.1. The Morgan fingerprint density at radius 1 is 0.889 bits per heavy atom. The molecule has 0 saturated carbocycles. The van der Waals surface area contributed by atoms with Gasteiger partial charge in [-0.1, -0.05) is 79.8 Å². The molecule has 102 valence electrons. The Bertz CT molecular complexity index is 332. The van der Waals surface area contributed by atoms with Gasteiger partial charge in [0.2, 0.25) is 0 Å². The van der Waals surface area contributed by atoms with E-state index < -0.39 is 0 Å². The first-order valence-electron chi connectivity index (χ1n) is 6.73. The van der Waals surface area contributed by atoms with Crippen molar-refractivity contribution in [1.29, 1.82) is 0 Å². The molecule has 0 aliphatic heterocycles. The summed E-state index contributed by atoms with van der Waals surface area (Å²) >= 11 is 0. The van der Waals surface area contributed by atoms with Gasteiger partial charge in [0.1, 0.15) is 0 Å². The van der Waals surface area contributed by atoms with E-state index >= 15 is 0 Å². The fourth-order valence-electron chi connectivity index (χ4n) is 2.39. The lowest BCUT2D eigenvalue weighted by Gasteiger charge is -2.41. The highest BCUT2D eigenvalue weighted by molar-refractivity contribution is 7.60. The molecule has 1 N–H and O–H groups in total. The number of rotatable bonds is 4. The van der Waals surface area contributed by atoms with E-state index in [1.54, 1.807) is 0 Å². The minimum atomic E-state index is -0.0501. The lowest BCUT2D eigenvalue weighted by Crippen LogP contribution is -2.31. The van der Waals surface area contributed by atoms with Crippen LogP contribution < -0.4 is 5.32 Å². The second-order valence-corrected chi connectivity index (χ2v) is 10.7. The van der Waals surface area contributed by atoms with Gasteiger partial charge in [-0.05, 0) is 15.9 Å². The predicted octanol–water partition coefficient (Wildman–Crippen LogP) is 4.81. The Hall–Kier alpha value is -0.390. The summed E-state index contributed by atoms with van der Waals surface area (Å²) in [7, 11) is -0.0501. The van der Waals surface area contributed by atoms with Crippen LogP contribution in [-0.4, -0.2) is 16.6 Å². The van der Waals surface area contributed by atoms with E-state index in [1.807, 2.05) is 0 Å². The minimum Gasteiger partial charge on any atom is -0.309 e. The molecule has 0 radical (unpaired) electrons. The summed E-state index contributed by atoms with van der Waals surface area (Å²) in [6.45, 7) is 15.2. The van der Waals surface area contributed by atoms with Crippen molar-refractivity contribution in [3.8, 4) is 0 Å². The Balaban J connectivity index is 2.54. The molecule has 0 spiro atoms. The van der Waals surface area contributed by atoms with Gasteiger partial charge in [0.15, 0.2) is 0 Å². The topological polar surface area (TPSA) is 12.0 Å². The van der Waals surface area contributed by atoms with Crippen LogP contribution in [0.4, 0.5) is 0 Å². The first-order valence-corrected chi connectivity index (χ1v) is 8.26.